The Balaban J connectivity index is 3.15. The van der Waals surface area contributed by atoms with E-state index in [0.717, 1.165) is 0 Å². The van der Waals surface area contributed by atoms with Gasteiger partial charge in [-0.2, -0.15) is 0 Å². The van der Waals surface area contributed by atoms with Gasteiger partial charge in [-0.15, -0.1) is 11.6 Å². The molecule has 0 N–H and O–H groups in total. The van der Waals surface area contributed by atoms with Gasteiger partial charge in [-0.25, -0.2) is 0 Å². The molecule has 0 aliphatic heterocycles. The lowest BCUT2D eigenvalue weighted by atomic mass is 10.1. The molecular weight excluding hydrogens is 211 g/mol. The summed E-state index contributed by atoms with van der Waals surface area (Å²) in [6, 6.07) is 4.85. The Hall–Kier alpha value is -0.730. The van der Waals surface area contributed by atoms with Crippen LogP contribution in [0, 0.1) is 0 Å². The molecule has 0 fully saturated rings. The first-order valence-electron chi connectivity index (χ1n) is 3.61. The number of carbonyl (C=O) groups is 1. The second-order valence-corrected chi connectivity index (χ2v) is 3.11. The molecule has 1 aromatic rings. The van der Waals surface area contributed by atoms with Crippen molar-refractivity contribution < 1.29 is 9.53 Å². The minimum Gasteiger partial charge on any atom is -0.496 e. The van der Waals surface area contributed by atoms with Crippen molar-refractivity contribution in [3.8, 4) is 5.75 Å². The molecule has 0 aliphatic carbocycles. The number of methoxy groups -OCH3 is 1. The van der Waals surface area contributed by atoms with E-state index in [9.17, 15) is 4.79 Å². The van der Waals surface area contributed by atoms with E-state index in [1.165, 1.54) is 7.11 Å². The monoisotopic (exact) mass is 218 g/mol. The Morgan fingerprint density at radius 2 is 2.23 bits per heavy atom. The fraction of sp³-hybridized carbons (Fsp3) is 0.222. The number of benzene rings is 1. The highest BCUT2D eigenvalue weighted by atomic mass is 35.5. The highest BCUT2D eigenvalue weighted by Gasteiger charge is 2.11. The molecule has 70 valence electrons. The third kappa shape index (κ3) is 2.36. The van der Waals surface area contributed by atoms with Gasteiger partial charge in [0.15, 0.2) is 5.78 Å². The van der Waals surface area contributed by atoms with Gasteiger partial charge in [0.2, 0.25) is 0 Å². The van der Waals surface area contributed by atoms with Crippen LogP contribution in [0.2, 0.25) is 5.02 Å². The Morgan fingerprint density at radius 1 is 1.54 bits per heavy atom. The standard InChI is InChI=1S/C9H8Cl2O2/c1-13-9-3-2-6(11)4-7(9)8(12)5-10/h2-4H,5H2,1H3. The van der Waals surface area contributed by atoms with Crippen LogP contribution in [-0.4, -0.2) is 18.8 Å². The smallest absolute Gasteiger partial charge is 0.181 e. The Kier molecular flexibility index (Phi) is 3.58. The molecule has 0 heterocycles. The summed E-state index contributed by atoms with van der Waals surface area (Å²) in [6.07, 6.45) is 0. The maximum Gasteiger partial charge on any atom is 0.181 e. The number of alkyl halides is 1. The number of hydrogen-bond acceptors (Lipinski definition) is 2. The summed E-state index contributed by atoms with van der Waals surface area (Å²) in [7, 11) is 1.49. The van der Waals surface area contributed by atoms with E-state index >= 15 is 0 Å². The Morgan fingerprint density at radius 3 is 2.77 bits per heavy atom. The first-order chi connectivity index (χ1) is 6.19. The van der Waals surface area contributed by atoms with Gasteiger partial charge in [-0.1, -0.05) is 11.6 Å². The van der Waals surface area contributed by atoms with Crippen LogP contribution in [0.3, 0.4) is 0 Å². The van der Waals surface area contributed by atoms with Gasteiger partial charge in [0, 0.05) is 5.02 Å². The molecule has 1 aromatic carbocycles. The van der Waals surface area contributed by atoms with Crippen molar-refractivity contribution in [3.63, 3.8) is 0 Å². The topological polar surface area (TPSA) is 26.3 Å². The molecule has 4 heteroatoms. The van der Waals surface area contributed by atoms with E-state index in [1.54, 1.807) is 18.2 Å². The predicted molar refractivity (Wildman–Crippen MR) is 53.1 cm³/mol. The Labute approximate surface area is 86.4 Å². The number of ether oxygens (including phenoxy) is 1. The van der Waals surface area contributed by atoms with E-state index in [-0.39, 0.29) is 11.7 Å². The molecule has 0 spiro atoms. The lowest BCUT2D eigenvalue weighted by Gasteiger charge is -2.05. The first kappa shape index (κ1) is 10.4. The van der Waals surface area contributed by atoms with Crippen LogP contribution < -0.4 is 4.74 Å². The number of ketones is 1. The SMILES string of the molecule is COc1ccc(Cl)cc1C(=O)CCl. The lowest BCUT2D eigenvalue weighted by molar-refractivity contribution is 0.101. The van der Waals surface area contributed by atoms with Gasteiger partial charge >= 0.3 is 0 Å². The molecule has 0 unspecified atom stereocenters. The zero-order chi connectivity index (χ0) is 9.84. The van der Waals surface area contributed by atoms with Gasteiger partial charge in [0.1, 0.15) is 5.75 Å². The number of carbonyl (C=O) groups excluding carboxylic acids is 1. The quantitative estimate of drug-likeness (QED) is 0.577. The molecule has 0 radical (unpaired) electrons. The summed E-state index contributed by atoms with van der Waals surface area (Å²) in [5.74, 6) is 0.229. The summed E-state index contributed by atoms with van der Waals surface area (Å²) in [4.78, 5) is 11.3. The molecule has 0 saturated heterocycles. The van der Waals surface area contributed by atoms with E-state index in [1.807, 2.05) is 0 Å². The van der Waals surface area contributed by atoms with Crippen LogP contribution >= 0.6 is 23.2 Å². The predicted octanol–water partition coefficient (Wildman–Crippen LogP) is 2.77. The third-order valence-electron chi connectivity index (χ3n) is 1.58. The average molecular weight is 219 g/mol. The zero-order valence-electron chi connectivity index (χ0n) is 7.01. The van der Waals surface area contributed by atoms with Crippen LogP contribution in [-0.2, 0) is 0 Å². The molecule has 13 heavy (non-hydrogen) atoms. The minimum atomic E-state index is -0.194. The number of rotatable bonds is 3. The summed E-state index contributed by atoms with van der Waals surface area (Å²) in [5, 5.41) is 0.495. The average Bonchev–Trinajstić information content (AvgIpc) is 2.16. The van der Waals surface area contributed by atoms with E-state index in [4.69, 9.17) is 27.9 Å². The largest absolute Gasteiger partial charge is 0.496 e. The van der Waals surface area contributed by atoms with Crippen molar-refractivity contribution >= 4 is 29.0 Å². The molecule has 0 aliphatic rings. The maximum absolute atomic E-state index is 11.3. The molecule has 2 nitrogen and oxygen atoms in total. The summed E-state index contributed by atoms with van der Waals surface area (Å²) in [6.45, 7) is 0. The number of hydrogen-bond donors (Lipinski definition) is 0. The molecule has 0 saturated carbocycles. The second kappa shape index (κ2) is 4.49. The van der Waals surface area contributed by atoms with Gasteiger partial charge in [-0.05, 0) is 18.2 Å². The van der Waals surface area contributed by atoms with Crippen LogP contribution in [0.5, 0.6) is 5.75 Å². The van der Waals surface area contributed by atoms with Crippen molar-refractivity contribution in [3.05, 3.63) is 28.8 Å². The van der Waals surface area contributed by atoms with Crippen LogP contribution in [0.1, 0.15) is 10.4 Å². The van der Waals surface area contributed by atoms with Crippen molar-refractivity contribution in [2.24, 2.45) is 0 Å². The highest BCUT2D eigenvalue weighted by Crippen LogP contribution is 2.23. The van der Waals surface area contributed by atoms with E-state index in [2.05, 4.69) is 0 Å². The molecule has 0 amide bonds. The summed E-state index contributed by atoms with van der Waals surface area (Å²) < 4.78 is 4.99. The van der Waals surface area contributed by atoms with Crippen LogP contribution in [0.4, 0.5) is 0 Å². The lowest BCUT2D eigenvalue weighted by Crippen LogP contribution is -2.03. The van der Waals surface area contributed by atoms with Gasteiger partial charge in [0.05, 0.1) is 18.6 Å². The maximum atomic E-state index is 11.3. The molecule has 0 bridgehead atoms. The molecule has 1 rings (SSSR count). The third-order valence-corrected chi connectivity index (χ3v) is 2.06. The minimum absolute atomic E-state index is 0.0727. The number of halogens is 2. The molecule has 0 atom stereocenters. The highest BCUT2D eigenvalue weighted by molar-refractivity contribution is 6.33. The van der Waals surface area contributed by atoms with Crippen molar-refractivity contribution in [1.29, 1.82) is 0 Å². The fourth-order valence-corrected chi connectivity index (χ4v) is 1.29. The van der Waals surface area contributed by atoms with E-state index in [0.29, 0.717) is 16.3 Å². The summed E-state index contributed by atoms with van der Waals surface area (Å²) >= 11 is 11.1. The van der Waals surface area contributed by atoms with E-state index < -0.39 is 0 Å². The normalized spacial score (nSPS) is 9.77. The molecule has 0 aromatic heterocycles. The van der Waals surface area contributed by atoms with Crippen LogP contribution in [0.25, 0.3) is 0 Å². The van der Waals surface area contributed by atoms with Gasteiger partial charge < -0.3 is 4.74 Å². The second-order valence-electron chi connectivity index (χ2n) is 2.40. The van der Waals surface area contributed by atoms with Gasteiger partial charge in [0.25, 0.3) is 0 Å². The number of Topliss-reactive ketones (excluding diaryl/α,β-unsaturated/α-hetero) is 1. The van der Waals surface area contributed by atoms with Crippen molar-refractivity contribution in [2.75, 3.05) is 13.0 Å². The molecular formula is C9H8Cl2O2. The Bertz CT molecular complexity index is 323. The van der Waals surface area contributed by atoms with Crippen molar-refractivity contribution in [1.82, 2.24) is 0 Å². The zero-order valence-corrected chi connectivity index (χ0v) is 8.52. The fourth-order valence-electron chi connectivity index (χ4n) is 0.970. The van der Waals surface area contributed by atoms with Gasteiger partial charge in [-0.3, -0.25) is 4.79 Å². The van der Waals surface area contributed by atoms with Crippen molar-refractivity contribution in [2.45, 2.75) is 0 Å². The van der Waals surface area contributed by atoms with Crippen LogP contribution in [0.15, 0.2) is 18.2 Å². The first-order valence-corrected chi connectivity index (χ1v) is 4.53. The summed E-state index contributed by atoms with van der Waals surface area (Å²) in [5.41, 5.74) is 0.421.